The molecule has 0 saturated carbocycles. The molecule has 0 aliphatic heterocycles. The lowest BCUT2D eigenvalue weighted by atomic mass is 10.00. The maximum Gasteiger partial charge on any atom is 0.115 e. The van der Waals surface area contributed by atoms with Crippen LogP contribution in [0.15, 0.2) is 36.9 Å². The van der Waals surface area contributed by atoms with E-state index in [9.17, 15) is 0 Å². The van der Waals surface area contributed by atoms with Crippen LogP contribution >= 0.6 is 0 Å². The number of nitrogens with zero attached hydrogens (tertiary/aromatic N) is 2. The number of aryl methyl sites for hydroxylation is 2. The van der Waals surface area contributed by atoms with Crippen molar-refractivity contribution in [3.63, 3.8) is 0 Å². The third-order valence-electron chi connectivity index (χ3n) is 2.57. The van der Waals surface area contributed by atoms with Crippen molar-refractivity contribution in [2.45, 2.75) is 20.3 Å². The summed E-state index contributed by atoms with van der Waals surface area (Å²) in [5.74, 6) is 0. The van der Waals surface area contributed by atoms with Crippen molar-refractivity contribution in [1.29, 1.82) is 0 Å². The van der Waals surface area contributed by atoms with E-state index in [0.29, 0.717) is 0 Å². The summed E-state index contributed by atoms with van der Waals surface area (Å²) < 4.78 is 0. The van der Waals surface area contributed by atoms with Crippen molar-refractivity contribution in [2.75, 3.05) is 0 Å². The topological polar surface area (TPSA) is 25.8 Å². The fourth-order valence-corrected chi connectivity index (χ4v) is 1.71. The van der Waals surface area contributed by atoms with Crippen LogP contribution in [0.1, 0.15) is 18.1 Å². The van der Waals surface area contributed by atoms with E-state index < -0.39 is 0 Å². The first-order valence-electron chi connectivity index (χ1n) is 5.16. The van der Waals surface area contributed by atoms with Gasteiger partial charge in [-0.2, -0.15) is 0 Å². The highest BCUT2D eigenvalue weighted by molar-refractivity contribution is 5.65. The molecule has 0 N–H and O–H groups in total. The second kappa shape index (κ2) is 4.22. The SMILES string of the molecule is CCc1ccc(-c2cncnc2)c(C)c1. The molecule has 1 aromatic carbocycles. The minimum absolute atomic E-state index is 1.08. The Morgan fingerprint density at radius 1 is 1.13 bits per heavy atom. The first-order chi connectivity index (χ1) is 7.31. The summed E-state index contributed by atoms with van der Waals surface area (Å²) in [5, 5.41) is 0. The van der Waals surface area contributed by atoms with Gasteiger partial charge < -0.3 is 0 Å². The van der Waals surface area contributed by atoms with Gasteiger partial charge in [-0.1, -0.05) is 25.1 Å². The van der Waals surface area contributed by atoms with Crippen LogP contribution in [0, 0.1) is 6.92 Å². The predicted octanol–water partition coefficient (Wildman–Crippen LogP) is 3.01. The van der Waals surface area contributed by atoms with Crippen molar-refractivity contribution < 1.29 is 0 Å². The normalized spacial score (nSPS) is 10.3. The van der Waals surface area contributed by atoms with Gasteiger partial charge in [0, 0.05) is 18.0 Å². The molecule has 0 saturated heterocycles. The summed E-state index contributed by atoms with van der Waals surface area (Å²) >= 11 is 0. The second-order valence-corrected chi connectivity index (χ2v) is 3.63. The van der Waals surface area contributed by atoms with Crippen molar-refractivity contribution in [2.24, 2.45) is 0 Å². The van der Waals surface area contributed by atoms with Crippen LogP contribution in [-0.4, -0.2) is 9.97 Å². The van der Waals surface area contributed by atoms with Gasteiger partial charge in [-0.05, 0) is 30.0 Å². The Kier molecular flexibility index (Phi) is 2.77. The third kappa shape index (κ3) is 2.04. The van der Waals surface area contributed by atoms with E-state index >= 15 is 0 Å². The van der Waals surface area contributed by atoms with E-state index in [-0.39, 0.29) is 0 Å². The first-order valence-corrected chi connectivity index (χ1v) is 5.16. The summed E-state index contributed by atoms with van der Waals surface area (Å²) in [4.78, 5) is 8.07. The molecule has 0 fully saturated rings. The lowest BCUT2D eigenvalue weighted by Crippen LogP contribution is -1.88. The van der Waals surface area contributed by atoms with Crippen molar-refractivity contribution in [1.82, 2.24) is 9.97 Å². The molecule has 15 heavy (non-hydrogen) atoms. The van der Waals surface area contributed by atoms with E-state index in [1.165, 1.54) is 16.7 Å². The Morgan fingerprint density at radius 2 is 1.87 bits per heavy atom. The average molecular weight is 198 g/mol. The second-order valence-electron chi connectivity index (χ2n) is 3.63. The molecule has 1 aromatic heterocycles. The smallest absolute Gasteiger partial charge is 0.115 e. The summed E-state index contributed by atoms with van der Waals surface area (Å²) in [6.07, 6.45) is 6.33. The van der Waals surface area contributed by atoms with Gasteiger partial charge in [0.05, 0.1) is 0 Å². The molecular weight excluding hydrogens is 184 g/mol. The van der Waals surface area contributed by atoms with Crippen molar-refractivity contribution >= 4 is 0 Å². The molecule has 1 heterocycles. The molecule has 0 spiro atoms. The third-order valence-corrected chi connectivity index (χ3v) is 2.57. The van der Waals surface area contributed by atoms with Crippen LogP contribution in [0.25, 0.3) is 11.1 Å². The standard InChI is InChI=1S/C13H14N2/c1-3-11-4-5-13(10(2)6-11)12-7-14-9-15-8-12/h4-9H,3H2,1-2H3. The highest BCUT2D eigenvalue weighted by atomic mass is 14.8. The lowest BCUT2D eigenvalue weighted by Gasteiger charge is -2.06. The number of aromatic nitrogens is 2. The molecule has 76 valence electrons. The van der Waals surface area contributed by atoms with Gasteiger partial charge in [-0.25, -0.2) is 9.97 Å². The Balaban J connectivity index is 2.46. The van der Waals surface area contributed by atoms with E-state index in [0.717, 1.165) is 12.0 Å². The fraction of sp³-hybridized carbons (Fsp3) is 0.231. The molecule has 0 bridgehead atoms. The highest BCUT2D eigenvalue weighted by Gasteiger charge is 2.02. The molecule has 2 aromatic rings. The highest BCUT2D eigenvalue weighted by Crippen LogP contribution is 2.22. The van der Waals surface area contributed by atoms with Crippen LogP contribution in [0.3, 0.4) is 0 Å². The zero-order valence-electron chi connectivity index (χ0n) is 9.07. The van der Waals surface area contributed by atoms with Gasteiger partial charge in [-0.15, -0.1) is 0 Å². The minimum Gasteiger partial charge on any atom is -0.244 e. The first kappa shape index (κ1) is 9.84. The molecule has 2 rings (SSSR count). The van der Waals surface area contributed by atoms with Gasteiger partial charge >= 0.3 is 0 Å². The summed E-state index contributed by atoms with van der Waals surface area (Å²) in [6, 6.07) is 6.53. The zero-order chi connectivity index (χ0) is 10.7. The molecule has 0 radical (unpaired) electrons. The van der Waals surface area contributed by atoms with Gasteiger partial charge in [0.15, 0.2) is 0 Å². The Morgan fingerprint density at radius 3 is 2.47 bits per heavy atom. The largest absolute Gasteiger partial charge is 0.244 e. The van der Waals surface area contributed by atoms with Gasteiger partial charge in [0.1, 0.15) is 6.33 Å². The molecule has 0 amide bonds. The molecule has 2 heteroatoms. The van der Waals surface area contributed by atoms with Crippen LogP contribution in [0.4, 0.5) is 0 Å². The molecule has 0 unspecified atom stereocenters. The maximum atomic E-state index is 4.03. The molecule has 0 atom stereocenters. The Labute approximate surface area is 90.0 Å². The van der Waals surface area contributed by atoms with E-state index in [4.69, 9.17) is 0 Å². The number of hydrogen-bond acceptors (Lipinski definition) is 2. The van der Waals surface area contributed by atoms with E-state index in [2.05, 4.69) is 42.0 Å². The van der Waals surface area contributed by atoms with Gasteiger partial charge in [0.2, 0.25) is 0 Å². The summed E-state index contributed by atoms with van der Waals surface area (Å²) in [7, 11) is 0. The van der Waals surface area contributed by atoms with Crippen LogP contribution in [0.5, 0.6) is 0 Å². The van der Waals surface area contributed by atoms with E-state index in [1.807, 2.05) is 12.4 Å². The van der Waals surface area contributed by atoms with Gasteiger partial charge in [0.25, 0.3) is 0 Å². The van der Waals surface area contributed by atoms with Gasteiger partial charge in [-0.3, -0.25) is 0 Å². The fourth-order valence-electron chi connectivity index (χ4n) is 1.71. The maximum absolute atomic E-state index is 4.03. The molecule has 2 nitrogen and oxygen atoms in total. The van der Waals surface area contributed by atoms with Crippen LogP contribution < -0.4 is 0 Å². The van der Waals surface area contributed by atoms with Crippen molar-refractivity contribution in [3.05, 3.63) is 48.0 Å². The average Bonchev–Trinajstić information content (AvgIpc) is 2.30. The summed E-state index contributed by atoms with van der Waals surface area (Å²) in [6.45, 7) is 4.29. The lowest BCUT2D eigenvalue weighted by molar-refractivity contribution is 1.13. The molecule has 0 aliphatic rings. The Hall–Kier alpha value is -1.70. The molecule has 0 aliphatic carbocycles. The predicted molar refractivity (Wildman–Crippen MR) is 61.6 cm³/mol. The van der Waals surface area contributed by atoms with Crippen LogP contribution in [0.2, 0.25) is 0 Å². The number of hydrogen-bond donors (Lipinski definition) is 0. The Bertz CT molecular complexity index is 449. The zero-order valence-corrected chi connectivity index (χ0v) is 9.07. The van der Waals surface area contributed by atoms with Crippen LogP contribution in [-0.2, 0) is 6.42 Å². The van der Waals surface area contributed by atoms with E-state index in [1.54, 1.807) is 6.33 Å². The summed E-state index contributed by atoms with van der Waals surface area (Å²) in [5.41, 5.74) is 4.95. The number of benzene rings is 1. The monoisotopic (exact) mass is 198 g/mol. The minimum atomic E-state index is 1.08. The quantitative estimate of drug-likeness (QED) is 0.741. The number of rotatable bonds is 2. The van der Waals surface area contributed by atoms with Crippen molar-refractivity contribution in [3.8, 4) is 11.1 Å². The molecular formula is C13H14N2.